The highest BCUT2D eigenvalue weighted by molar-refractivity contribution is 5.85. The van der Waals surface area contributed by atoms with Crippen molar-refractivity contribution >= 4 is 16.9 Å². The number of hydrogen-bond donors (Lipinski definition) is 1. The summed E-state index contributed by atoms with van der Waals surface area (Å²) in [5.74, 6) is 0.858. The molecular formula is C12H17NO. The Morgan fingerprint density at radius 1 is 1.14 bits per heavy atom. The maximum atomic E-state index is 5.54. The van der Waals surface area contributed by atoms with Gasteiger partial charge in [0, 0.05) is 18.0 Å². The molecule has 0 radical (unpaired) electrons. The lowest BCUT2D eigenvalue weighted by atomic mass is 10.2. The second kappa shape index (κ2) is 4.70. The molecule has 0 amide bonds. The molecule has 2 heteroatoms. The summed E-state index contributed by atoms with van der Waals surface area (Å²) in [5.41, 5.74) is 2.12. The molecule has 1 heterocycles. The van der Waals surface area contributed by atoms with E-state index in [1.807, 2.05) is 39.1 Å². The molecule has 2 nitrogen and oxygen atoms in total. The van der Waals surface area contributed by atoms with Gasteiger partial charge in [-0.2, -0.15) is 0 Å². The summed E-state index contributed by atoms with van der Waals surface area (Å²) in [6.45, 7) is 6.05. The van der Waals surface area contributed by atoms with Crippen molar-refractivity contribution in [1.82, 2.24) is 0 Å². The van der Waals surface area contributed by atoms with E-state index in [1.165, 1.54) is 10.9 Å². The number of para-hydroxylation sites is 1. The number of aryl methyl sites for hydroxylation is 1. The van der Waals surface area contributed by atoms with Crippen molar-refractivity contribution in [1.29, 1.82) is 0 Å². The minimum Gasteiger partial charge on any atom is -0.440 e. The quantitative estimate of drug-likeness (QED) is 0.741. The van der Waals surface area contributed by atoms with E-state index < -0.39 is 0 Å². The maximum absolute atomic E-state index is 5.54. The van der Waals surface area contributed by atoms with Crippen LogP contribution in [0, 0.1) is 6.92 Å². The van der Waals surface area contributed by atoms with E-state index in [-0.39, 0.29) is 0 Å². The third kappa shape index (κ3) is 1.74. The number of rotatable bonds is 1. The summed E-state index contributed by atoms with van der Waals surface area (Å²) in [7, 11) is 1.87. The smallest absolute Gasteiger partial charge is 0.196 e. The number of nitrogens with one attached hydrogen (secondary N) is 1. The molecule has 0 saturated carbocycles. The van der Waals surface area contributed by atoms with Crippen molar-refractivity contribution in [3.8, 4) is 0 Å². The van der Waals surface area contributed by atoms with Crippen LogP contribution >= 0.6 is 0 Å². The van der Waals surface area contributed by atoms with Gasteiger partial charge in [-0.3, -0.25) is 0 Å². The first kappa shape index (κ1) is 10.6. The SMILES string of the molecule is CC.CNc1oc2ccccc2c1C. The number of anilines is 1. The highest BCUT2D eigenvalue weighted by Crippen LogP contribution is 2.27. The Bertz CT molecular complexity index is 404. The minimum atomic E-state index is 0.858. The summed E-state index contributed by atoms with van der Waals surface area (Å²) in [6.07, 6.45) is 0. The Hall–Kier alpha value is -1.44. The second-order valence-corrected chi connectivity index (χ2v) is 2.80. The average molecular weight is 191 g/mol. The molecule has 0 aliphatic carbocycles. The predicted octanol–water partition coefficient (Wildman–Crippen LogP) is 3.81. The maximum Gasteiger partial charge on any atom is 0.196 e. The Morgan fingerprint density at radius 3 is 2.36 bits per heavy atom. The largest absolute Gasteiger partial charge is 0.440 e. The van der Waals surface area contributed by atoms with E-state index in [1.54, 1.807) is 0 Å². The first-order valence-corrected chi connectivity index (χ1v) is 4.99. The molecule has 0 fully saturated rings. The Balaban J connectivity index is 0.000000461. The van der Waals surface area contributed by atoms with Crippen LogP contribution in [0.5, 0.6) is 0 Å². The van der Waals surface area contributed by atoms with Crippen molar-refractivity contribution in [3.63, 3.8) is 0 Å². The van der Waals surface area contributed by atoms with Crippen LogP contribution in [0.3, 0.4) is 0 Å². The Kier molecular flexibility index (Phi) is 3.57. The van der Waals surface area contributed by atoms with Crippen LogP contribution in [-0.4, -0.2) is 7.05 Å². The molecule has 1 aromatic heterocycles. The van der Waals surface area contributed by atoms with E-state index in [0.29, 0.717) is 0 Å². The van der Waals surface area contributed by atoms with Gasteiger partial charge in [0.15, 0.2) is 5.88 Å². The monoisotopic (exact) mass is 191 g/mol. The fraction of sp³-hybridized carbons (Fsp3) is 0.333. The summed E-state index contributed by atoms with van der Waals surface area (Å²) in [6, 6.07) is 8.03. The Morgan fingerprint density at radius 2 is 1.79 bits per heavy atom. The van der Waals surface area contributed by atoms with Gasteiger partial charge in [0.2, 0.25) is 0 Å². The van der Waals surface area contributed by atoms with E-state index in [2.05, 4.69) is 18.3 Å². The third-order valence-electron chi connectivity index (χ3n) is 2.07. The van der Waals surface area contributed by atoms with Crippen molar-refractivity contribution in [3.05, 3.63) is 29.8 Å². The molecule has 0 unspecified atom stereocenters. The first-order valence-electron chi connectivity index (χ1n) is 4.99. The zero-order valence-corrected chi connectivity index (χ0v) is 9.22. The van der Waals surface area contributed by atoms with Crippen LogP contribution in [0.2, 0.25) is 0 Å². The molecule has 2 rings (SSSR count). The average Bonchev–Trinajstić information content (AvgIpc) is 2.59. The van der Waals surface area contributed by atoms with Crippen LogP contribution in [0.25, 0.3) is 11.0 Å². The standard InChI is InChI=1S/C10H11NO.C2H6/c1-7-8-5-3-4-6-9(8)12-10(7)11-2;1-2/h3-6,11H,1-2H3;1-2H3. The fourth-order valence-electron chi connectivity index (χ4n) is 1.41. The van der Waals surface area contributed by atoms with Gasteiger partial charge in [0.05, 0.1) is 0 Å². The van der Waals surface area contributed by atoms with Gasteiger partial charge in [-0.05, 0) is 13.0 Å². The molecular weight excluding hydrogens is 174 g/mol. The molecule has 0 aliphatic heterocycles. The lowest BCUT2D eigenvalue weighted by Crippen LogP contribution is -1.85. The molecule has 0 spiro atoms. The molecule has 0 bridgehead atoms. The molecule has 76 valence electrons. The zero-order valence-electron chi connectivity index (χ0n) is 9.22. The topological polar surface area (TPSA) is 25.2 Å². The van der Waals surface area contributed by atoms with Gasteiger partial charge in [0.25, 0.3) is 0 Å². The van der Waals surface area contributed by atoms with Crippen molar-refractivity contribution < 1.29 is 4.42 Å². The second-order valence-electron chi connectivity index (χ2n) is 2.80. The zero-order chi connectivity index (χ0) is 10.6. The molecule has 0 atom stereocenters. The van der Waals surface area contributed by atoms with E-state index in [0.717, 1.165) is 11.5 Å². The number of furan rings is 1. The van der Waals surface area contributed by atoms with Gasteiger partial charge in [-0.1, -0.05) is 32.0 Å². The summed E-state index contributed by atoms with van der Waals surface area (Å²) in [4.78, 5) is 0. The number of fused-ring (bicyclic) bond motifs is 1. The minimum absolute atomic E-state index is 0.858. The number of hydrogen-bond acceptors (Lipinski definition) is 2. The van der Waals surface area contributed by atoms with Crippen molar-refractivity contribution in [2.24, 2.45) is 0 Å². The summed E-state index contributed by atoms with van der Waals surface area (Å²) < 4.78 is 5.54. The normalized spacial score (nSPS) is 9.43. The van der Waals surface area contributed by atoms with Crippen LogP contribution < -0.4 is 5.32 Å². The van der Waals surface area contributed by atoms with E-state index in [4.69, 9.17) is 4.42 Å². The molecule has 1 N–H and O–H groups in total. The highest BCUT2D eigenvalue weighted by Gasteiger charge is 2.06. The molecule has 2 aromatic rings. The van der Waals surface area contributed by atoms with Crippen molar-refractivity contribution in [2.45, 2.75) is 20.8 Å². The lowest BCUT2D eigenvalue weighted by molar-refractivity contribution is 0.629. The van der Waals surface area contributed by atoms with E-state index >= 15 is 0 Å². The molecule has 14 heavy (non-hydrogen) atoms. The molecule has 1 aromatic carbocycles. The van der Waals surface area contributed by atoms with Gasteiger partial charge in [0.1, 0.15) is 5.58 Å². The van der Waals surface area contributed by atoms with Crippen LogP contribution in [0.15, 0.2) is 28.7 Å². The van der Waals surface area contributed by atoms with Crippen LogP contribution in [0.4, 0.5) is 5.88 Å². The van der Waals surface area contributed by atoms with Gasteiger partial charge < -0.3 is 9.73 Å². The first-order chi connectivity index (χ1) is 6.83. The highest BCUT2D eigenvalue weighted by atomic mass is 16.3. The van der Waals surface area contributed by atoms with Gasteiger partial charge in [-0.25, -0.2) is 0 Å². The van der Waals surface area contributed by atoms with Crippen LogP contribution in [0.1, 0.15) is 19.4 Å². The predicted molar refractivity (Wildman–Crippen MR) is 61.8 cm³/mol. The third-order valence-corrected chi connectivity index (χ3v) is 2.07. The summed E-state index contributed by atoms with van der Waals surface area (Å²) in [5, 5.41) is 4.20. The fourth-order valence-corrected chi connectivity index (χ4v) is 1.41. The Labute approximate surface area is 84.9 Å². The van der Waals surface area contributed by atoms with Crippen LogP contribution in [-0.2, 0) is 0 Å². The lowest BCUT2D eigenvalue weighted by Gasteiger charge is -1.92. The summed E-state index contributed by atoms with van der Waals surface area (Å²) >= 11 is 0. The van der Waals surface area contributed by atoms with Gasteiger partial charge in [-0.15, -0.1) is 0 Å². The van der Waals surface area contributed by atoms with Gasteiger partial charge >= 0.3 is 0 Å². The molecule has 0 saturated heterocycles. The molecule has 0 aliphatic rings. The van der Waals surface area contributed by atoms with E-state index in [9.17, 15) is 0 Å². The number of benzene rings is 1. The van der Waals surface area contributed by atoms with Crippen molar-refractivity contribution in [2.75, 3.05) is 12.4 Å².